The van der Waals surface area contributed by atoms with E-state index in [1.807, 2.05) is 13.8 Å². The van der Waals surface area contributed by atoms with Crippen LogP contribution in [0.5, 0.6) is 0 Å². The van der Waals surface area contributed by atoms with Crippen molar-refractivity contribution in [2.24, 2.45) is 23.7 Å². The Kier molecular flexibility index (Phi) is 17.2. The molecule has 0 amide bonds. The van der Waals surface area contributed by atoms with Crippen molar-refractivity contribution in [3.63, 3.8) is 0 Å². The molecule has 0 aromatic carbocycles. The fourth-order valence-electron chi connectivity index (χ4n) is 4.85. The van der Waals surface area contributed by atoms with Crippen LogP contribution in [0.3, 0.4) is 0 Å². The van der Waals surface area contributed by atoms with Crippen molar-refractivity contribution in [1.82, 2.24) is 0 Å². The van der Waals surface area contributed by atoms with Gasteiger partial charge >= 0.3 is 5.97 Å². The molecule has 0 aromatic rings. The lowest BCUT2D eigenvalue weighted by atomic mass is 9.78. The van der Waals surface area contributed by atoms with Crippen LogP contribution in [0.2, 0.25) is 0 Å². The van der Waals surface area contributed by atoms with Crippen LogP contribution in [0.1, 0.15) is 126 Å². The Morgan fingerprint density at radius 2 is 1.65 bits per heavy atom. The number of allylic oxidation sites excluding steroid dienone is 2. The first-order valence-electron chi connectivity index (χ1n) is 14.5. The number of unbranched alkanes of at least 4 members (excludes halogenated alkanes) is 3. The van der Waals surface area contributed by atoms with Crippen LogP contribution in [0.4, 0.5) is 0 Å². The molecule has 2 fully saturated rings. The van der Waals surface area contributed by atoms with E-state index >= 15 is 0 Å². The molecule has 0 saturated heterocycles. The minimum atomic E-state index is 0.0618. The van der Waals surface area contributed by atoms with Gasteiger partial charge in [0.25, 0.3) is 0 Å². The molecule has 200 valence electrons. The molecule has 2 aliphatic carbocycles. The molecule has 0 spiro atoms. The molecule has 4 heteroatoms. The Morgan fingerprint density at radius 1 is 1.00 bits per heavy atom. The van der Waals surface area contributed by atoms with Crippen molar-refractivity contribution < 1.29 is 14.3 Å². The zero-order valence-corrected chi connectivity index (χ0v) is 24.4. The van der Waals surface area contributed by atoms with E-state index < -0.39 is 0 Å². The molecule has 4 atom stereocenters. The van der Waals surface area contributed by atoms with Crippen LogP contribution in [-0.4, -0.2) is 30.2 Å². The number of carbonyl (C=O) groups is 1. The number of rotatable bonds is 15. The van der Waals surface area contributed by atoms with Crippen LogP contribution < -0.4 is 0 Å². The largest absolute Gasteiger partial charge is 0.498 e. The van der Waals surface area contributed by atoms with Gasteiger partial charge in [0, 0.05) is 5.25 Å². The first-order valence-corrected chi connectivity index (χ1v) is 15.6. The smallest absolute Gasteiger partial charge is 0.308 e. The molecule has 2 rings (SSSR count). The van der Waals surface area contributed by atoms with E-state index in [1.54, 1.807) is 0 Å². The average molecular weight is 497 g/mol. The Bertz CT molecular complexity index is 565. The standard InChI is InChI=1S/C28H50O3S.C2H6/c1-6-32-27-20-26(17-16-25(27)15-14-22(4)21(2)3)28(29)31-19-10-8-7-9-18-30-23(5)24-12-11-13-24;1-2/h21-22,25-27H,6-20H2,1-5H3;1-2H3. The van der Waals surface area contributed by atoms with Crippen molar-refractivity contribution in [2.75, 3.05) is 19.0 Å². The Balaban J connectivity index is 0.00000281. The first-order chi connectivity index (χ1) is 16.4. The number of ether oxygens (including phenoxy) is 2. The molecule has 0 aromatic heterocycles. The van der Waals surface area contributed by atoms with Gasteiger partial charge in [-0.05, 0) is 107 Å². The molecule has 3 nitrogen and oxygen atoms in total. The highest BCUT2D eigenvalue weighted by molar-refractivity contribution is 7.99. The highest BCUT2D eigenvalue weighted by atomic mass is 32.2. The summed E-state index contributed by atoms with van der Waals surface area (Å²) in [6, 6.07) is 0. The quantitative estimate of drug-likeness (QED) is 0.129. The molecular weight excluding hydrogens is 440 g/mol. The van der Waals surface area contributed by atoms with Gasteiger partial charge in [-0.2, -0.15) is 11.8 Å². The maximum Gasteiger partial charge on any atom is 0.308 e. The van der Waals surface area contributed by atoms with E-state index in [2.05, 4.69) is 46.4 Å². The van der Waals surface area contributed by atoms with Gasteiger partial charge in [0.2, 0.25) is 0 Å². The van der Waals surface area contributed by atoms with E-state index in [0.717, 1.165) is 74.4 Å². The number of carbonyl (C=O) groups excluding carboxylic acids is 1. The van der Waals surface area contributed by atoms with Gasteiger partial charge in [0.05, 0.1) is 24.9 Å². The monoisotopic (exact) mass is 496 g/mol. The van der Waals surface area contributed by atoms with E-state index in [-0.39, 0.29) is 11.9 Å². The third-order valence-corrected chi connectivity index (χ3v) is 9.17. The van der Waals surface area contributed by atoms with Crippen molar-refractivity contribution in [3.8, 4) is 0 Å². The Morgan fingerprint density at radius 3 is 2.21 bits per heavy atom. The van der Waals surface area contributed by atoms with Crippen LogP contribution in [0, 0.1) is 23.7 Å². The molecule has 0 heterocycles. The summed E-state index contributed by atoms with van der Waals surface area (Å²) >= 11 is 2.07. The maximum atomic E-state index is 12.7. The van der Waals surface area contributed by atoms with Crippen LogP contribution in [0.15, 0.2) is 11.3 Å². The van der Waals surface area contributed by atoms with Crippen molar-refractivity contribution >= 4 is 17.7 Å². The van der Waals surface area contributed by atoms with E-state index in [9.17, 15) is 4.79 Å². The second kappa shape index (κ2) is 18.6. The summed E-state index contributed by atoms with van der Waals surface area (Å²) in [4.78, 5) is 12.7. The molecule has 0 aliphatic heterocycles. The number of hydrogen-bond acceptors (Lipinski definition) is 4. The van der Waals surface area contributed by atoms with Gasteiger partial charge < -0.3 is 9.47 Å². The summed E-state index contributed by atoms with van der Waals surface area (Å²) in [5, 5.41) is 0.629. The lowest BCUT2D eigenvalue weighted by Crippen LogP contribution is -2.32. The molecule has 0 radical (unpaired) electrons. The van der Waals surface area contributed by atoms with E-state index in [0.29, 0.717) is 11.9 Å². The summed E-state index contributed by atoms with van der Waals surface area (Å²) in [5.74, 6) is 4.81. The van der Waals surface area contributed by atoms with Crippen molar-refractivity contribution in [1.29, 1.82) is 0 Å². The molecule has 34 heavy (non-hydrogen) atoms. The van der Waals surface area contributed by atoms with E-state index in [4.69, 9.17) is 9.47 Å². The minimum absolute atomic E-state index is 0.0618. The van der Waals surface area contributed by atoms with Gasteiger partial charge in [0.1, 0.15) is 0 Å². The highest BCUT2D eigenvalue weighted by Gasteiger charge is 2.34. The predicted octanol–water partition coefficient (Wildman–Crippen LogP) is 9.20. The summed E-state index contributed by atoms with van der Waals surface area (Å²) in [7, 11) is 0. The Labute approximate surface area is 216 Å². The fourth-order valence-corrected chi connectivity index (χ4v) is 6.19. The molecule has 0 N–H and O–H groups in total. The van der Waals surface area contributed by atoms with Gasteiger partial charge in [-0.3, -0.25) is 4.79 Å². The number of esters is 1. The predicted molar refractivity (Wildman–Crippen MR) is 149 cm³/mol. The van der Waals surface area contributed by atoms with Crippen LogP contribution in [-0.2, 0) is 14.3 Å². The normalized spacial score (nSPS) is 22.9. The minimum Gasteiger partial charge on any atom is -0.498 e. The third-order valence-electron chi connectivity index (χ3n) is 7.83. The summed E-state index contributed by atoms with van der Waals surface area (Å²) in [6.45, 7) is 16.8. The van der Waals surface area contributed by atoms with Crippen LogP contribution >= 0.6 is 11.8 Å². The zero-order valence-electron chi connectivity index (χ0n) is 23.6. The fraction of sp³-hybridized carbons (Fsp3) is 0.900. The van der Waals surface area contributed by atoms with Crippen LogP contribution in [0.25, 0.3) is 0 Å². The maximum absolute atomic E-state index is 12.7. The number of hydrogen-bond donors (Lipinski definition) is 0. The Hall–Kier alpha value is -0.640. The third kappa shape index (κ3) is 11.9. The average Bonchev–Trinajstić information content (AvgIpc) is 2.79. The van der Waals surface area contributed by atoms with Crippen molar-refractivity contribution in [2.45, 2.75) is 131 Å². The summed E-state index contributed by atoms with van der Waals surface area (Å²) < 4.78 is 11.5. The molecule has 2 aliphatic rings. The lowest BCUT2D eigenvalue weighted by molar-refractivity contribution is -0.150. The van der Waals surface area contributed by atoms with Gasteiger partial charge in [-0.1, -0.05) is 48.0 Å². The first kappa shape index (κ1) is 31.4. The molecule has 0 bridgehead atoms. The molecular formula is C30H56O3S. The summed E-state index contributed by atoms with van der Waals surface area (Å²) in [5.41, 5.74) is 1.51. The summed E-state index contributed by atoms with van der Waals surface area (Å²) in [6.07, 6.45) is 14.0. The lowest BCUT2D eigenvalue weighted by Gasteiger charge is -2.35. The second-order valence-electron chi connectivity index (χ2n) is 10.5. The SMILES string of the molecule is CC.CCSC1CC(C(=O)OCCCCCCOC(C)=C2CCC2)CCC1CCC(C)C(C)C. The van der Waals surface area contributed by atoms with Gasteiger partial charge in [-0.25, -0.2) is 0 Å². The topological polar surface area (TPSA) is 35.5 Å². The van der Waals surface area contributed by atoms with E-state index in [1.165, 1.54) is 44.1 Å². The highest BCUT2D eigenvalue weighted by Crippen LogP contribution is 2.40. The molecule has 2 saturated carbocycles. The second-order valence-corrected chi connectivity index (χ2v) is 12.0. The number of thioether (sulfide) groups is 1. The van der Waals surface area contributed by atoms with Gasteiger partial charge in [0.15, 0.2) is 0 Å². The zero-order chi connectivity index (χ0) is 25.3. The van der Waals surface area contributed by atoms with Gasteiger partial charge in [-0.15, -0.1) is 0 Å². The molecule has 4 unspecified atom stereocenters. The van der Waals surface area contributed by atoms with Crippen molar-refractivity contribution in [3.05, 3.63) is 11.3 Å².